The van der Waals surface area contributed by atoms with Crippen molar-refractivity contribution in [2.75, 3.05) is 5.75 Å². The van der Waals surface area contributed by atoms with Crippen molar-refractivity contribution in [3.8, 4) is 0 Å². The van der Waals surface area contributed by atoms with Gasteiger partial charge in [0.1, 0.15) is 5.76 Å². The summed E-state index contributed by atoms with van der Waals surface area (Å²) in [6.07, 6.45) is 5.06. The van der Waals surface area contributed by atoms with Crippen LogP contribution in [0.3, 0.4) is 0 Å². The maximum atomic E-state index is 11.7. The first-order valence-electron chi connectivity index (χ1n) is 7.70. The van der Waals surface area contributed by atoms with Gasteiger partial charge in [-0.3, -0.25) is 4.79 Å². The second-order valence-corrected chi connectivity index (χ2v) is 7.00. The van der Waals surface area contributed by atoms with Crippen molar-refractivity contribution in [1.29, 1.82) is 0 Å². The number of unbranched alkanes of at least 4 members (excludes halogenated alkanes) is 1. The summed E-state index contributed by atoms with van der Waals surface area (Å²) in [4.78, 5) is 23.0. The van der Waals surface area contributed by atoms with Gasteiger partial charge in [-0.05, 0) is 25.0 Å². The van der Waals surface area contributed by atoms with E-state index in [9.17, 15) is 9.59 Å². The molecule has 0 radical (unpaired) electrons. The van der Waals surface area contributed by atoms with Crippen molar-refractivity contribution in [2.45, 2.75) is 49.6 Å². The number of thioether (sulfide) groups is 1. The molecule has 0 unspecified atom stereocenters. The lowest BCUT2D eigenvalue weighted by atomic mass is 10.0. The second kappa shape index (κ2) is 7.09. The molecule has 120 valence electrons. The molecule has 2 aliphatic heterocycles. The van der Waals surface area contributed by atoms with E-state index in [0.717, 1.165) is 30.8 Å². The highest BCUT2D eigenvalue weighted by molar-refractivity contribution is 8.00. The highest BCUT2D eigenvalue weighted by Gasteiger charge is 2.42. The van der Waals surface area contributed by atoms with Crippen LogP contribution in [0.4, 0.5) is 4.79 Å². The molecule has 0 spiro atoms. The molecule has 3 rings (SSSR count). The molecule has 7 heteroatoms. The maximum absolute atomic E-state index is 11.7. The highest BCUT2D eigenvalue weighted by Crippen LogP contribution is 2.33. The summed E-state index contributed by atoms with van der Waals surface area (Å²) < 4.78 is 5.17. The molecule has 6 nitrogen and oxygen atoms in total. The molecule has 0 bridgehead atoms. The molecule has 1 aromatic heterocycles. The summed E-state index contributed by atoms with van der Waals surface area (Å²) in [7, 11) is 0. The average Bonchev–Trinajstić information content (AvgIpc) is 3.19. The summed E-state index contributed by atoms with van der Waals surface area (Å²) in [6.45, 7) is 0.450. The predicted octanol–water partition coefficient (Wildman–Crippen LogP) is 1.62. The molecule has 0 aromatic carbocycles. The second-order valence-electron chi connectivity index (χ2n) is 5.72. The minimum Gasteiger partial charge on any atom is -0.467 e. The van der Waals surface area contributed by atoms with Crippen LogP contribution in [0.5, 0.6) is 0 Å². The van der Waals surface area contributed by atoms with Crippen molar-refractivity contribution in [3.05, 3.63) is 24.2 Å². The zero-order valence-electron chi connectivity index (χ0n) is 12.3. The quantitative estimate of drug-likeness (QED) is 0.526. The molecular weight excluding hydrogens is 302 g/mol. The lowest BCUT2D eigenvalue weighted by Crippen LogP contribution is -2.36. The Morgan fingerprint density at radius 2 is 2.32 bits per heavy atom. The number of furan rings is 1. The molecule has 2 fully saturated rings. The Morgan fingerprint density at radius 1 is 1.41 bits per heavy atom. The fourth-order valence-corrected chi connectivity index (χ4v) is 4.50. The van der Waals surface area contributed by atoms with E-state index in [-0.39, 0.29) is 24.0 Å². The van der Waals surface area contributed by atoms with Gasteiger partial charge in [0, 0.05) is 17.4 Å². The molecule has 22 heavy (non-hydrogen) atoms. The van der Waals surface area contributed by atoms with E-state index in [1.165, 1.54) is 0 Å². The molecule has 0 aliphatic carbocycles. The van der Waals surface area contributed by atoms with Crippen LogP contribution in [0.15, 0.2) is 22.8 Å². The van der Waals surface area contributed by atoms with Crippen LogP contribution in [-0.2, 0) is 11.3 Å². The molecule has 3 atom stereocenters. The molecule has 3 amide bonds. The summed E-state index contributed by atoms with van der Waals surface area (Å²) in [5, 5.41) is 9.25. The Kier molecular flexibility index (Phi) is 4.92. The van der Waals surface area contributed by atoms with Gasteiger partial charge in [0.25, 0.3) is 0 Å². The van der Waals surface area contributed by atoms with Gasteiger partial charge in [-0.1, -0.05) is 6.42 Å². The van der Waals surface area contributed by atoms with E-state index in [2.05, 4.69) is 16.0 Å². The topological polar surface area (TPSA) is 83.4 Å². The smallest absolute Gasteiger partial charge is 0.315 e. The standard InChI is InChI=1S/C15H21N3O3S/c19-13(16-8-10-4-3-7-21-10)6-2-1-5-12-14-11(9-22-12)17-15(20)18-14/h3-4,7,11-12,14H,1-2,5-6,8-9H2,(H,16,19)(H2,17,18,20)/t11-,12+,14+/m1/s1. The normalized spacial score (nSPS) is 26.4. The Morgan fingerprint density at radius 3 is 3.14 bits per heavy atom. The lowest BCUT2D eigenvalue weighted by molar-refractivity contribution is -0.121. The number of hydrogen-bond acceptors (Lipinski definition) is 4. The third-order valence-electron chi connectivity index (χ3n) is 4.12. The molecule has 3 N–H and O–H groups in total. The summed E-state index contributed by atoms with van der Waals surface area (Å²) in [5.41, 5.74) is 0. The number of hydrogen-bond donors (Lipinski definition) is 3. The maximum Gasteiger partial charge on any atom is 0.315 e. The van der Waals surface area contributed by atoms with Gasteiger partial charge < -0.3 is 20.4 Å². The lowest BCUT2D eigenvalue weighted by Gasteiger charge is -2.16. The number of carbonyl (C=O) groups is 2. The monoisotopic (exact) mass is 323 g/mol. The third-order valence-corrected chi connectivity index (χ3v) is 5.63. The van der Waals surface area contributed by atoms with Crippen LogP contribution in [0.2, 0.25) is 0 Å². The summed E-state index contributed by atoms with van der Waals surface area (Å²) in [6, 6.07) is 4.14. The van der Waals surface area contributed by atoms with Gasteiger partial charge in [-0.25, -0.2) is 4.79 Å². The molecular formula is C15H21N3O3S. The van der Waals surface area contributed by atoms with Crippen LogP contribution in [0, 0.1) is 0 Å². The average molecular weight is 323 g/mol. The van der Waals surface area contributed by atoms with Crippen LogP contribution in [0.25, 0.3) is 0 Å². The van der Waals surface area contributed by atoms with Crippen molar-refractivity contribution < 1.29 is 14.0 Å². The summed E-state index contributed by atoms with van der Waals surface area (Å²) in [5.74, 6) is 1.81. The van der Waals surface area contributed by atoms with Gasteiger partial charge in [0.15, 0.2) is 0 Å². The molecule has 0 saturated carbocycles. The van der Waals surface area contributed by atoms with E-state index >= 15 is 0 Å². The zero-order chi connectivity index (χ0) is 15.4. The van der Waals surface area contributed by atoms with Crippen molar-refractivity contribution >= 4 is 23.7 Å². The fraction of sp³-hybridized carbons (Fsp3) is 0.600. The zero-order valence-corrected chi connectivity index (χ0v) is 13.2. The predicted molar refractivity (Wildman–Crippen MR) is 84.5 cm³/mol. The summed E-state index contributed by atoms with van der Waals surface area (Å²) >= 11 is 1.91. The van der Waals surface area contributed by atoms with Crippen LogP contribution in [-0.4, -0.2) is 35.0 Å². The third kappa shape index (κ3) is 3.76. The number of carbonyl (C=O) groups excluding carboxylic acids is 2. The Hall–Kier alpha value is -1.63. The van der Waals surface area contributed by atoms with Gasteiger partial charge in [0.2, 0.25) is 5.91 Å². The van der Waals surface area contributed by atoms with Crippen molar-refractivity contribution in [2.24, 2.45) is 0 Å². The van der Waals surface area contributed by atoms with Gasteiger partial charge >= 0.3 is 6.03 Å². The van der Waals surface area contributed by atoms with Crippen molar-refractivity contribution in [1.82, 2.24) is 16.0 Å². The first-order chi connectivity index (χ1) is 10.7. The SMILES string of the molecule is O=C(CCCC[C@@H]1SC[C@H]2NC(=O)N[C@H]12)NCc1ccco1. The Balaban J connectivity index is 1.29. The van der Waals surface area contributed by atoms with Gasteiger partial charge in [-0.15, -0.1) is 0 Å². The minimum absolute atomic E-state index is 0.0439. The number of nitrogens with one attached hydrogen (secondary N) is 3. The highest BCUT2D eigenvalue weighted by atomic mass is 32.2. The fourth-order valence-electron chi connectivity index (χ4n) is 2.96. The molecule has 2 aliphatic rings. The first-order valence-corrected chi connectivity index (χ1v) is 8.75. The molecule has 3 heterocycles. The van der Waals surface area contributed by atoms with E-state index in [1.54, 1.807) is 6.26 Å². The Bertz CT molecular complexity index is 520. The molecule has 1 aromatic rings. The number of fused-ring (bicyclic) bond motifs is 1. The first kappa shape index (κ1) is 15.3. The van der Waals surface area contributed by atoms with E-state index in [4.69, 9.17) is 4.42 Å². The minimum atomic E-state index is -0.0439. The van der Waals surface area contributed by atoms with E-state index in [1.807, 2.05) is 23.9 Å². The molecule has 2 saturated heterocycles. The van der Waals surface area contributed by atoms with Crippen LogP contribution in [0.1, 0.15) is 31.4 Å². The van der Waals surface area contributed by atoms with E-state index in [0.29, 0.717) is 18.2 Å². The number of urea groups is 1. The number of rotatable bonds is 7. The largest absolute Gasteiger partial charge is 0.467 e. The van der Waals surface area contributed by atoms with Crippen molar-refractivity contribution in [3.63, 3.8) is 0 Å². The van der Waals surface area contributed by atoms with Crippen LogP contribution >= 0.6 is 11.8 Å². The van der Waals surface area contributed by atoms with E-state index < -0.39 is 0 Å². The van der Waals surface area contributed by atoms with Gasteiger partial charge in [-0.2, -0.15) is 11.8 Å². The van der Waals surface area contributed by atoms with Gasteiger partial charge in [0.05, 0.1) is 24.9 Å². The number of amides is 3. The van der Waals surface area contributed by atoms with Crippen LogP contribution < -0.4 is 16.0 Å². The Labute approximate surface area is 133 Å².